The fourth-order valence-electron chi connectivity index (χ4n) is 4.29. The van der Waals surface area contributed by atoms with E-state index < -0.39 is 50.4 Å². The Hall–Kier alpha value is -3.43. The Morgan fingerprint density at radius 1 is 1.19 bits per heavy atom. The van der Waals surface area contributed by atoms with E-state index in [0.717, 1.165) is 12.1 Å². The maximum absolute atomic E-state index is 13.4. The first kappa shape index (κ1) is 26.6. The number of sulfone groups is 1. The van der Waals surface area contributed by atoms with Crippen molar-refractivity contribution in [1.82, 2.24) is 4.90 Å². The second kappa shape index (κ2) is 8.85. The van der Waals surface area contributed by atoms with Crippen LogP contribution in [0, 0.1) is 16.7 Å². The SMILES string of the molecule is CCS(=O)(=O)c1ccc2c(c1)CN(C(=O)C1(C#N)CC1)C2C(=O)Nc1ccc(C(C)(O)C(F)(F)F)cc1. The molecule has 0 spiro atoms. The summed E-state index contributed by atoms with van der Waals surface area (Å²) in [6.07, 6.45) is -4.21. The van der Waals surface area contributed by atoms with E-state index >= 15 is 0 Å². The van der Waals surface area contributed by atoms with Crippen LogP contribution in [0.4, 0.5) is 18.9 Å². The first-order chi connectivity index (χ1) is 17.2. The van der Waals surface area contributed by atoms with Crippen molar-refractivity contribution in [3.05, 3.63) is 59.2 Å². The molecule has 1 heterocycles. The summed E-state index contributed by atoms with van der Waals surface area (Å²) in [6, 6.07) is 9.53. The molecule has 0 bridgehead atoms. The second-order valence-corrected chi connectivity index (χ2v) is 11.7. The van der Waals surface area contributed by atoms with Crippen molar-refractivity contribution < 1.29 is 36.3 Å². The molecule has 8 nitrogen and oxygen atoms in total. The molecule has 1 saturated carbocycles. The predicted molar refractivity (Wildman–Crippen MR) is 125 cm³/mol. The molecule has 12 heteroatoms. The Morgan fingerprint density at radius 3 is 2.32 bits per heavy atom. The molecule has 2 unspecified atom stereocenters. The lowest BCUT2D eigenvalue weighted by Gasteiger charge is -2.27. The molecule has 2 amide bonds. The van der Waals surface area contributed by atoms with Gasteiger partial charge in [0.1, 0.15) is 11.5 Å². The van der Waals surface area contributed by atoms with Crippen molar-refractivity contribution >= 4 is 27.3 Å². The van der Waals surface area contributed by atoms with Crippen molar-refractivity contribution in [3.8, 4) is 6.07 Å². The Bertz CT molecular complexity index is 1410. The number of amides is 2. The number of carbonyl (C=O) groups excluding carboxylic acids is 2. The topological polar surface area (TPSA) is 128 Å². The number of nitrogens with zero attached hydrogens (tertiary/aromatic N) is 2. The van der Waals surface area contributed by atoms with Gasteiger partial charge in [0, 0.05) is 12.2 Å². The van der Waals surface area contributed by atoms with Crippen molar-refractivity contribution in [1.29, 1.82) is 5.26 Å². The van der Waals surface area contributed by atoms with Gasteiger partial charge >= 0.3 is 6.18 Å². The third-order valence-corrected chi connectivity index (χ3v) is 8.68. The highest BCUT2D eigenvalue weighted by Gasteiger charge is 2.56. The molecule has 2 N–H and O–H groups in total. The van der Waals surface area contributed by atoms with Crippen LogP contribution in [0.15, 0.2) is 47.4 Å². The van der Waals surface area contributed by atoms with E-state index in [1.807, 2.05) is 6.07 Å². The number of halogens is 3. The summed E-state index contributed by atoms with van der Waals surface area (Å²) in [5, 5.41) is 21.9. The third-order valence-electron chi connectivity index (χ3n) is 6.95. The monoisotopic (exact) mass is 535 g/mol. The normalized spacial score (nSPS) is 19.9. The van der Waals surface area contributed by atoms with Gasteiger partial charge in [-0.25, -0.2) is 8.42 Å². The minimum absolute atomic E-state index is 0.0518. The maximum atomic E-state index is 13.4. The molecule has 2 aliphatic rings. The number of benzene rings is 2. The number of anilines is 1. The summed E-state index contributed by atoms with van der Waals surface area (Å²) >= 11 is 0. The van der Waals surface area contributed by atoms with E-state index in [4.69, 9.17) is 0 Å². The standard InChI is InChI=1S/C25H24F3N3O5S/c1-3-37(35,36)18-8-9-19-15(12-18)13-31(22(33)24(14-29)10-11-24)20(19)21(32)30-17-6-4-16(5-7-17)23(2,34)25(26,27)28/h4-9,12,20,34H,3,10-11,13H2,1-2H3,(H,30,32). The highest BCUT2D eigenvalue weighted by atomic mass is 32.2. The number of nitriles is 1. The average Bonchev–Trinajstić information content (AvgIpc) is 3.55. The fraction of sp³-hybridized carbons (Fsp3) is 0.400. The first-order valence-corrected chi connectivity index (χ1v) is 13.1. The number of aliphatic hydroxyl groups is 1. The van der Waals surface area contributed by atoms with Crippen LogP contribution < -0.4 is 5.32 Å². The average molecular weight is 536 g/mol. The lowest BCUT2D eigenvalue weighted by atomic mass is 9.95. The van der Waals surface area contributed by atoms with Crippen LogP contribution in [-0.4, -0.2) is 42.2 Å². The summed E-state index contributed by atoms with van der Waals surface area (Å²) < 4.78 is 64.1. The van der Waals surface area contributed by atoms with Crippen molar-refractivity contribution in [2.24, 2.45) is 5.41 Å². The Kier molecular flexibility index (Phi) is 6.37. The predicted octanol–water partition coefficient (Wildman–Crippen LogP) is 3.58. The van der Waals surface area contributed by atoms with Gasteiger partial charge in [0.2, 0.25) is 5.91 Å². The Labute approximate surface area is 211 Å². The number of hydrogen-bond acceptors (Lipinski definition) is 6. The number of carbonyl (C=O) groups is 2. The van der Waals surface area contributed by atoms with E-state index in [1.54, 1.807) is 0 Å². The number of hydrogen-bond donors (Lipinski definition) is 2. The molecule has 2 aromatic rings. The first-order valence-electron chi connectivity index (χ1n) is 11.5. The van der Waals surface area contributed by atoms with Crippen LogP contribution in [0.5, 0.6) is 0 Å². The lowest BCUT2D eigenvalue weighted by molar-refractivity contribution is -0.258. The highest BCUT2D eigenvalue weighted by Crippen LogP contribution is 2.49. The van der Waals surface area contributed by atoms with Gasteiger partial charge in [0.15, 0.2) is 15.4 Å². The van der Waals surface area contributed by atoms with E-state index in [0.29, 0.717) is 30.9 Å². The molecule has 1 fully saturated rings. The van der Waals surface area contributed by atoms with Gasteiger partial charge in [-0.1, -0.05) is 25.1 Å². The number of nitrogens with one attached hydrogen (secondary N) is 1. The van der Waals surface area contributed by atoms with Crippen molar-refractivity contribution in [2.45, 2.75) is 55.9 Å². The molecular weight excluding hydrogens is 511 g/mol. The highest BCUT2D eigenvalue weighted by molar-refractivity contribution is 7.91. The molecule has 1 aliphatic heterocycles. The van der Waals surface area contributed by atoms with Gasteiger partial charge in [0.05, 0.1) is 16.7 Å². The zero-order valence-electron chi connectivity index (χ0n) is 20.0. The summed E-state index contributed by atoms with van der Waals surface area (Å²) in [5.41, 5.74) is -3.77. The van der Waals surface area contributed by atoms with Crippen molar-refractivity contribution in [2.75, 3.05) is 11.1 Å². The summed E-state index contributed by atoms with van der Waals surface area (Å²) in [4.78, 5) is 27.9. The quantitative estimate of drug-likeness (QED) is 0.582. The van der Waals surface area contributed by atoms with Gasteiger partial charge in [-0.2, -0.15) is 18.4 Å². The smallest absolute Gasteiger partial charge is 0.376 e. The van der Waals surface area contributed by atoms with Crippen LogP contribution >= 0.6 is 0 Å². The molecule has 0 saturated heterocycles. The number of alkyl halides is 3. The minimum Gasteiger partial charge on any atom is -0.376 e. The Balaban J connectivity index is 1.66. The molecule has 0 radical (unpaired) electrons. The van der Waals surface area contributed by atoms with E-state index in [9.17, 15) is 41.5 Å². The molecule has 4 rings (SSSR count). The number of rotatable bonds is 6. The van der Waals surface area contributed by atoms with Gasteiger partial charge in [-0.05, 0) is 60.7 Å². The number of fused-ring (bicyclic) bond motifs is 1. The van der Waals surface area contributed by atoms with E-state index in [2.05, 4.69) is 5.32 Å². The molecule has 2 aromatic carbocycles. The van der Waals surface area contributed by atoms with E-state index in [1.165, 1.54) is 42.2 Å². The second-order valence-electron chi connectivity index (χ2n) is 9.43. The third kappa shape index (κ3) is 4.57. The van der Waals surface area contributed by atoms with Crippen LogP contribution in [0.1, 0.15) is 49.4 Å². The van der Waals surface area contributed by atoms with Gasteiger partial charge < -0.3 is 15.3 Å². The van der Waals surface area contributed by atoms with Crippen LogP contribution in [-0.2, 0) is 31.6 Å². The zero-order chi connectivity index (χ0) is 27.4. The molecular formula is C25H24F3N3O5S. The molecule has 37 heavy (non-hydrogen) atoms. The van der Waals surface area contributed by atoms with Crippen LogP contribution in [0.25, 0.3) is 0 Å². The maximum Gasteiger partial charge on any atom is 0.421 e. The summed E-state index contributed by atoms with van der Waals surface area (Å²) in [5.74, 6) is -1.35. The van der Waals surface area contributed by atoms with Gasteiger partial charge in [0.25, 0.3) is 5.91 Å². The fourth-order valence-corrected chi connectivity index (χ4v) is 5.22. The van der Waals surface area contributed by atoms with Crippen LogP contribution in [0.2, 0.25) is 0 Å². The zero-order valence-corrected chi connectivity index (χ0v) is 20.8. The van der Waals surface area contributed by atoms with Crippen LogP contribution in [0.3, 0.4) is 0 Å². The molecule has 2 atom stereocenters. The largest absolute Gasteiger partial charge is 0.421 e. The molecule has 196 valence electrons. The lowest BCUT2D eigenvalue weighted by Crippen LogP contribution is -2.40. The van der Waals surface area contributed by atoms with Crippen molar-refractivity contribution in [3.63, 3.8) is 0 Å². The van der Waals surface area contributed by atoms with Gasteiger partial charge in [-0.3, -0.25) is 9.59 Å². The molecule has 1 aliphatic carbocycles. The minimum atomic E-state index is -4.91. The van der Waals surface area contributed by atoms with Gasteiger partial charge in [-0.15, -0.1) is 0 Å². The van der Waals surface area contributed by atoms with E-state index in [-0.39, 0.29) is 22.9 Å². The summed E-state index contributed by atoms with van der Waals surface area (Å²) in [6.45, 7) is 2.04. The summed E-state index contributed by atoms with van der Waals surface area (Å²) in [7, 11) is -3.55. The molecule has 0 aromatic heterocycles. The Morgan fingerprint density at radius 2 is 1.81 bits per heavy atom.